The van der Waals surface area contributed by atoms with Crippen molar-refractivity contribution in [2.75, 3.05) is 13.2 Å². The van der Waals surface area contributed by atoms with E-state index in [0.717, 1.165) is 0 Å². The summed E-state index contributed by atoms with van der Waals surface area (Å²) in [6.07, 6.45) is 4.28. The minimum atomic E-state index is -0.220. The summed E-state index contributed by atoms with van der Waals surface area (Å²) in [5.74, 6) is 0.896. The van der Waals surface area contributed by atoms with E-state index < -0.39 is 0 Å². The van der Waals surface area contributed by atoms with Crippen LogP contribution in [0.1, 0.15) is 27.7 Å². The Labute approximate surface area is 115 Å². The third-order valence-electron chi connectivity index (χ3n) is 5.07. The van der Waals surface area contributed by atoms with Gasteiger partial charge in [0.2, 0.25) is 0 Å². The van der Waals surface area contributed by atoms with Gasteiger partial charge in [0.05, 0.1) is 19.3 Å². The van der Waals surface area contributed by atoms with Gasteiger partial charge in [0.25, 0.3) is 0 Å². The van der Waals surface area contributed by atoms with Gasteiger partial charge in [0, 0.05) is 18.3 Å². The van der Waals surface area contributed by atoms with Gasteiger partial charge >= 0.3 is 5.97 Å². The van der Waals surface area contributed by atoms with E-state index in [1.807, 2.05) is 6.08 Å². The smallest absolute Gasteiger partial charge is 0.302 e. The molecule has 0 aromatic carbocycles. The highest BCUT2D eigenvalue weighted by molar-refractivity contribution is 5.65. The molecule has 1 heterocycles. The summed E-state index contributed by atoms with van der Waals surface area (Å²) in [6, 6.07) is 0. The Balaban J connectivity index is 2.33. The quantitative estimate of drug-likeness (QED) is 0.580. The first kappa shape index (κ1) is 14.3. The van der Waals surface area contributed by atoms with Crippen LogP contribution in [0, 0.1) is 23.2 Å². The highest BCUT2D eigenvalue weighted by Gasteiger charge is 2.53. The molecular formula is C16H24O3. The van der Waals surface area contributed by atoms with E-state index in [0.29, 0.717) is 31.0 Å². The molecule has 0 spiro atoms. The second kappa shape index (κ2) is 5.12. The molecule has 2 bridgehead atoms. The summed E-state index contributed by atoms with van der Waals surface area (Å²) in [5.41, 5.74) is 1.26. The maximum atomic E-state index is 11.1. The topological polar surface area (TPSA) is 35.5 Å². The molecule has 1 aliphatic heterocycles. The Bertz CT molecular complexity index is 412. The average molecular weight is 264 g/mol. The molecule has 0 unspecified atom stereocenters. The molecule has 1 saturated heterocycles. The fourth-order valence-corrected chi connectivity index (χ4v) is 3.75. The zero-order valence-electron chi connectivity index (χ0n) is 12.3. The molecule has 2 rings (SSSR count). The Kier molecular flexibility index (Phi) is 3.86. The summed E-state index contributed by atoms with van der Waals surface area (Å²) >= 11 is 0. The molecule has 0 saturated carbocycles. The van der Waals surface area contributed by atoms with Crippen molar-refractivity contribution >= 4 is 5.97 Å². The SMILES string of the molecule is C=C[C@H]1OC[C@@]2(COC(C)=O)[C@H](C)C=C(C)[C@H]1[C@@H]2C. The first-order chi connectivity index (χ1) is 8.92. The highest BCUT2D eigenvalue weighted by Crippen LogP contribution is 2.52. The first-order valence-corrected chi connectivity index (χ1v) is 6.98. The molecule has 0 radical (unpaired) electrons. The zero-order chi connectivity index (χ0) is 14.2. The van der Waals surface area contributed by atoms with Gasteiger partial charge in [-0.05, 0) is 18.8 Å². The van der Waals surface area contributed by atoms with Gasteiger partial charge in [-0.2, -0.15) is 0 Å². The molecule has 19 heavy (non-hydrogen) atoms. The molecule has 0 N–H and O–H groups in total. The highest BCUT2D eigenvalue weighted by atomic mass is 16.5. The lowest BCUT2D eigenvalue weighted by molar-refractivity contribution is -0.171. The predicted octanol–water partition coefficient (Wildman–Crippen LogP) is 2.97. The predicted molar refractivity (Wildman–Crippen MR) is 74.6 cm³/mol. The second-order valence-electron chi connectivity index (χ2n) is 6.04. The van der Waals surface area contributed by atoms with E-state index in [1.54, 1.807) is 0 Å². The lowest BCUT2D eigenvalue weighted by Gasteiger charge is -2.54. The number of carbonyl (C=O) groups is 1. The molecule has 3 heteroatoms. The molecule has 2 aliphatic rings. The minimum Gasteiger partial charge on any atom is -0.465 e. The van der Waals surface area contributed by atoms with Crippen LogP contribution in [0.25, 0.3) is 0 Å². The Morgan fingerprint density at radius 2 is 2.32 bits per heavy atom. The van der Waals surface area contributed by atoms with Gasteiger partial charge in [-0.15, -0.1) is 6.58 Å². The van der Waals surface area contributed by atoms with Crippen LogP contribution in [0.5, 0.6) is 0 Å². The van der Waals surface area contributed by atoms with Crippen molar-refractivity contribution in [2.24, 2.45) is 23.2 Å². The summed E-state index contributed by atoms with van der Waals surface area (Å²) in [6.45, 7) is 13.0. The van der Waals surface area contributed by atoms with Crippen LogP contribution in [-0.2, 0) is 14.3 Å². The van der Waals surface area contributed by atoms with Gasteiger partial charge in [-0.25, -0.2) is 0 Å². The van der Waals surface area contributed by atoms with Crippen LogP contribution in [0.15, 0.2) is 24.3 Å². The van der Waals surface area contributed by atoms with Crippen LogP contribution < -0.4 is 0 Å². The number of hydrogen-bond donors (Lipinski definition) is 0. The van der Waals surface area contributed by atoms with Crippen molar-refractivity contribution in [3.8, 4) is 0 Å². The molecule has 5 atom stereocenters. The van der Waals surface area contributed by atoms with Gasteiger partial charge in [-0.3, -0.25) is 4.79 Å². The van der Waals surface area contributed by atoms with E-state index in [9.17, 15) is 4.79 Å². The third kappa shape index (κ3) is 2.25. The summed E-state index contributed by atoms with van der Waals surface area (Å²) in [7, 11) is 0. The summed E-state index contributed by atoms with van der Waals surface area (Å²) in [5, 5.41) is 0. The molecule has 0 amide bonds. The molecule has 1 fully saturated rings. The first-order valence-electron chi connectivity index (χ1n) is 6.98. The summed E-state index contributed by atoms with van der Waals surface area (Å²) in [4.78, 5) is 11.1. The minimum absolute atomic E-state index is 0.0733. The number of carbonyl (C=O) groups excluding carboxylic acids is 1. The largest absolute Gasteiger partial charge is 0.465 e. The molecular weight excluding hydrogens is 240 g/mol. The van der Waals surface area contributed by atoms with Crippen molar-refractivity contribution in [1.82, 2.24) is 0 Å². The Morgan fingerprint density at radius 1 is 1.63 bits per heavy atom. The van der Waals surface area contributed by atoms with E-state index in [-0.39, 0.29) is 17.5 Å². The zero-order valence-corrected chi connectivity index (χ0v) is 12.3. The fourth-order valence-electron chi connectivity index (χ4n) is 3.75. The standard InChI is InChI=1S/C16H24O3/c1-6-14-15-10(2)7-11(3)16(9-19-14,12(15)4)8-18-13(5)17/h6-7,11-12,14-15H,1,8-9H2,2-5H3/t11-,12+,14-,15+,16+/m1/s1. The fraction of sp³-hybridized carbons (Fsp3) is 0.688. The number of esters is 1. The van der Waals surface area contributed by atoms with Crippen molar-refractivity contribution in [3.05, 3.63) is 24.3 Å². The van der Waals surface area contributed by atoms with Crippen LogP contribution in [-0.4, -0.2) is 25.3 Å². The Hall–Kier alpha value is -1.09. The van der Waals surface area contributed by atoms with E-state index in [2.05, 4.69) is 33.4 Å². The van der Waals surface area contributed by atoms with Gasteiger partial charge < -0.3 is 9.47 Å². The number of allylic oxidation sites excluding steroid dienone is 1. The van der Waals surface area contributed by atoms with Crippen LogP contribution in [0.3, 0.4) is 0 Å². The second-order valence-corrected chi connectivity index (χ2v) is 6.04. The monoisotopic (exact) mass is 264 g/mol. The van der Waals surface area contributed by atoms with Crippen LogP contribution in [0.4, 0.5) is 0 Å². The van der Waals surface area contributed by atoms with Gasteiger partial charge in [-0.1, -0.05) is 31.6 Å². The number of hydrogen-bond acceptors (Lipinski definition) is 3. The summed E-state index contributed by atoms with van der Waals surface area (Å²) < 4.78 is 11.3. The maximum Gasteiger partial charge on any atom is 0.302 e. The van der Waals surface area contributed by atoms with Crippen molar-refractivity contribution < 1.29 is 14.3 Å². The Morgan fingerprint density at radius 3 is 2.89 bits per heavy atom. The molecule has 0 aromatic heterocycles. The molecule has 0 aromatic rings. The van der Waals surface area contributed by atoms with Crippen molar-refractivity contribution in [1.29, 1.82) is 0 Å². The van der Waals surface area contributed by atoms with E-state index >= 15 is 0 Å². The van der Waals surface area contributed by atoms with E-state index in [1.165, 1.54) is 12.5 Å². The van der Waals surface area contributed by atoms with Crippen molar-refractivity contribution in [2.45, 2.75) is 33.8 Å². The van der Waals surface area contributed by atoms with Crippen molar-refractivity contribution in [3.63, 3.8) is 0 Å². The lowest BCUT2D eigenvalue weighted by atomic mass is 9.56. The number of rotatable bonds is 3. The average Bonchev–Trinajstić information content (AvgIpc) is 2.34. The maximum absolute atomic E-state index is 11.1. The molecule has 1 aliphatic carbocycles. The van der Waals surface area contributed by atoms with E-state index in [4.69, 9.17) is 9.47 Å². The molecule has 3 nitrogen and oxygen atoms in total. The molecule has 106 valence electrons. The normalized spacial score (nSPS) is 41.4. The number of ether oxygens (including phenoxy) is 2. The van der Waals surface area contributed by atoms with Gasteiger partial charge in [0.1, 0.15) is 0 Å². The lowest BCUT2D eigenvalue weighted by Crippen LogP contribution is -2.56. The van der Waals surface area contributed by atoms with Crippen LogP contribution >= 0.6 is 0 Å². The number of fused-ring (bicyclic) bond motifs is 2. The van der Waals surface area contributed by atoms with Crippen LogP contribution in [0.2, 0.25) is 0 Å². The van der Waals surface area contributed by atoms with Gasteiger partial charge in [0.15, 0.2) is 0 Å². The third-order valence-corrected chi connectivity index (χ3v) is 5.07.